The first kappa shape index (κ1) is 29.3. The first-order valence-corrected chi connectivity index (χ1v) is 14.3. The van der Waals surface area contributed by atoms with E-state index in [9.17, 15) is 29.4 Å². The zero-order valence-electron chi connectivity index (χ0n) is 21.0. The second-order valence-electron chi connectivity index (χ2n) is 9.54. The third kappa shape index (κ3) is 8.14. The molecule has 4 atom stereocenters. The first-order valence-electron chi connectivity index (χ1n) is 12.0. The maximum Gasteiger partial charge on any atom is 0.327 e. The summed E-state index contributed by atoms with van der Waals surface area (Å²) >= 11 is 0. The van der Waals surface area contributed by atoms with Gasteiger partial charge in [-0.15, -0.1) is 0 Å². The van der Waals surface area contributed by atoms with Crippen molar-refractivity contribution in [3.8, 4) is 5.75 Å². The molecule has 12 heteroatoms. The van der Waals surface area contributed by atoms with Gasteiger partial charge in [-0.1, -0.05) is 64.1 Å². The molecule has 1 saturated heterocycles. The number of nitrogens with two attached hydrogens (primary N) is 1. The minimum atomic E-state index is -1.18. The molecule has 7 N–H and O–H groups in total. The Morgan fingerprint density at radius 1 is 1.05 bits per heavy atom. The number of phenolic OH excluding ortho intramolecular Hbond substituents is 1. The molecule has 0 aromatic heterocycles. The van der Waals surface area contributed by atoms with Gasteiger partial charge in [0, 0.05) is 16.9 Å². The topological polar surface area (TPSA) is 171 Å². The number of hydrogen-bond donors (Lipinski definition) is 6. The Balaban J connectivity index is 1.84. The minimum absolute atomic E-state index is 0.0580. The van der Waals surface area contributed by atoms with E-state index in [0.29, 0.717) is 0 Å². The number of aliphatic carboxylic acids is 1. The molecule has 0 spiro atoms. The van der Waals surface area contributed by atoms with Gasteiger partial charge in [0.05, 0.1) is 6.04 Å². The van der Waals surface area contributed by atoms with Crippen molar-refractivity contribution in [2.24, 2.45) is 5.73 Å². The summed E-state index contributed by atoms with van der Waals surface area (Å²) in [6.45, 7) is 3.52. The van der Waals surface area contributed by atoms with Gasteiger partial charge in [-0.2, -0.15) is 0 Å². The van der Waals surface area contributed by atoms with E-state index in [4.69, 9.17) is 5.73 Å². The Bertz CT molecular complexity index is 1150. The lowest BCUT2D eigenvalue weighted by Gasteiger charge is -2.34. The van der Waals surface area contributed by atoms with Crippen molar-refractivity contribution >= 4 is 45.3 Å². The molecule has 1 heterocycles. The lowest BCUT2D eigenvalue weighted by molar-refractivity contribution is -0.141. The first-order chi connectivity index (χ1) is 18.0. The van der Waals surface area contributed by atoms with E-state index >= 15 is 0 Å². The van der Waals surface area contributed by atoms with Crippen LogP contribution in [0.3, 0.4) is 0 Å². The van der Waals surface area contributed by atoms with Crippen molar-refractivity contribution in [2.75, 3.05) is 5.75 Å². The molecule has 38 heavy (non-hydrogen) atoms. The summed E-state index contributed by atoms with van der Waals surface area (Å²) in [5.41, 5.74) is 7.65. The molecule has 3 rings (SSSR count). The van der Waals surface area contributed by atoms with Crippen molar-refractivity contribution in [1.82, 2.24) is 16.0 Å². The second kappa shape index (κ2) is 13.0. The van der Waals surface area contributed by atoms with Gasteiger partial charge in [0.15, 0.2) is 0 Å². The third-order valence-corrected chi connectivity index (χ3v) is 9.31. The predicted molar refractivity (Wildman–Crippen MR) is 147 cm³/mol. The van der Waals surface area contributed by atoms with E-state index in [1.165, 1.54) is 33.7 Å². The van der Waals surface area contributed by atoms with Crippen LogP contribution >= 0.6 is 21.6 Å². The Kier molecular flexibility index (Phi) is 10.1. The summed E-state index contributed by atoms with van der Waals surface area (Å²) in [5, 5.41) is 27.1. The quantitative estimate of drug-likeness (QED) is 0.272. The monoisotopic (exact) mass is 560 g/mol. The summed E-state index contributed by atoms with van der Waals surface area (Å²) in [7, 11) is 2.43. The van der Waals surface area contributed by atoms with Gasteiger partial charge in [0.25, 0.3) is 0 Å². The van der Waals surface area contributed by atoms with E-state index in [2.05, 4.69) is 16.0 Å². The fourth-order valence-corrected chi connectivity index (χ4v) is 6.65. The van der Waals surface area contributed by atoms with E-state index in [0.717, 1.165) is 11.1 Å². The molecule has 0 saturated carbocycles. The number of aromatic hydroxyl groups is 1. The van der Waals surface area contributed by atoms with Crippen LogP contribution in [-0.4, -0.2) is 68.6 Å². The molecule has 0 bridgehead atoms. The molecule has 2 aromatic rings. The summed E-state index contributed by atoms with van der Waals surface area (Å²) in [4.78, 5) is 51.5. The van der Waals surface area contributed by atoms with Crippen LogP contribution in [0.4, 0.5) is 0 Å². The number of rotatable bonds is 7. The Morgan fingerprint density at radius 3 is 2.34 bits per heavy atom. The highest BCUT2D eigenvalue weighted by Crippen LogP contribution is 2.39. The minimum Gasteiger partial charge on any atom is -0.508 e. The fourth-order valence-electron chi connectivity index (χ4n) is 3.85. The van der Waals surface area contributed by atoms with Crippen LogP contribution in [0.1, 0.15) is 25.0 Å². The van der Waals surface area contributed by atoms with Gasteiger partial charge in [-0.3, -0.25) is 14.4 Å². The number of hydrogen-bond acceptors (Lipinski definition) is 8. The summed E-state index contributed by atoms with van der Waals surface area (Å²) in [6, 6.07) is 11.1. The highest BCUT2D eigenvalue weighted by Gasteiger charge is 2.41. The highest BCUT2D eigenvalue weighted by molar-refractivity contribution is 8.77. The molecule has 0 aliphatic carbocycles. The van der Waals surface area contributed by atoms with Gasteiger partial charge in [-0.05, 0) is 43.5 Å². The summed E-state index contributed by atoms with van der Waals surface area (Å²) < 4.78 is -0.892. The van der Waals surface area contributed by atoms with Crippen LogP contribution < -0.4 is 21.7 Å². The van der Waals surface area contributed by atoms with E-state index in [1.54, 1.807) is 50.2 Å². The molecule has 1 aliphatic heterocycles. The Labute approximate surface area is 228 Å². The number of amides is 3. The van der Waals surface area contributed by atoms with Crippen molar-refractivity contribution in [3.05, 3.63) is 65.7 Å². The average Bonchev–Trinajstić information content (AvgIpc) is 2.88. The summed E-state index contributed by atoms with van der Waals surface area (Å²) in [6.07, 6.45) is 0.314. The van der Waals surface area contributed by atoms with Crippen molar-refractivity contribution in [2.45, 2.75) is 55.6 Å². The lowest BCUT2D eigenvalue weighted by atomic mass is 9.99. The molecule has 10 nitrogen and oxygen atoms in total. The van der Waals surface area contributed by atoms with Crippen LogP contribution in [0, 0.1) is 0 Å². The number of carboxylic acids is 1. The van der Waals surface area contributed by atoms with Gasteiger partial charge in [-0.25, -0.2) is 4.79 Å². The molecule has 204 valence electrons. The van der Waals surface area contributed by atoms with Crippen molar-refractivity contribution in [1.29, 1.82) is 0 Å². The van der Waals surface area contributed by atoms with Crippen LogP contribution in [-0.2, 0) is 32.0 Å². The van der Waals surface area contributed by atoms with Gasteiger partial charge < -0.3 is 31.9 Å². The normalized spacial score (nSPS) is 22.8. The van der Waals surface area contributed by atoms with E-state index < -0.39 is 52.6 Å². The SMILES string of the molecule is CC1(C)SSC[C@H](C(=O)O)NC(=O)C(Cc2ccccc2)NC(=O)[C@@H]1NC(=O)[C@@H](N)Cc1ccc(O)cc1. The highest BCUT2D eigenvalue weighted by atomic mass is 33.1. The molecule has 0 radical (unpaired) electrons. The van der Waals surface area contributed by atoms with Gasteiger partial charge >= 0.3 is 5.97 Å². The molecule has 2 aromatic carbocycles. The number of nitrogens with one attached hydrogen (secondary N) is 3. The van der Waals surface area contributed by atoms with E-state index in [-0.39, 0.29) is 24.3 Å². The number of carbonyl (C=O) groups is 4. The number of benzene rings is 2. The predicted octanol–water partition coefficient (Wildman–Crippen LogP) is 1.22. The van der Waals surface area contributed by atoms with Crippen LogP contribution in [0.15, 0.2) is 54.6 Å². The molecule has 1 aliphatic rings. The molecular weight excluding hydrogens is 528 g/mol. The largest absolute Gasteiger partial charge is 0.508 e. The second-order valence-corrected chi connectivity index (χ2v) is 12.5. The fraction of sp³-hybridized carbons (Fsp3) is 0.385. The average molecular weight is 561 g/mol. The molecule has 3 amide bonds. The van der Waals surface area contributed by atoms with Crippen molar-refractivity contribution in [3.63, 3.8) is 0 Å². The standard InChI is InChI=1S/C26H32N4O6S2/c1-26(2)21(30-22(32)18(27)12-16-8-10-17(31)11-9-16)24(34)28-19(13-15-6-4-3-5-7-15)23(33)29-20(25(35)36)14-37-38-26/h3-11,18-21,31H,12-14,27H2,1-2H3,(H,28,34)(H,29,33)(H,30,32)(H,35,36)/t18-,19?,20+,21-/m0/s1. The number of carbonyl (C=O) groups excluding carboxylic acids is 3. The zero-order valence-corrected chi connectivity index (χ0v) is 22.7. The smallest absolute Gasteiger partial charge is 0.327 e. The third-order valence-electron chi connectivity index (χ3n) is 6.01. The van der Waals surface area contributed by atoms with E-state index in [1.807, 2.05) is 6.07 Å². The maximum atomic E-state index is 13.6. The molecule has 1 unspecified atom stereocenters. The Hall–Kier alpha value is -3.22. The van der Waals surface area contributed by atoms with Crippen LogP contribution in [0.2, 0.25) is 0 Å². The van der Waals surface area contributed by atoms with Crippen LogP contribution in [0.25, 0.3) is 0 Å². The number of phenols is 1. The molecular formula is C26H32N4O6S2. The van der Waals surface area contributed by atoms with Gasteiger partial charge in [0.2, 0.25) is 17.7 Å². The molecule has 1 fully saturated rings. The zero-order chi connectivity index (χ0) is 27.9. The number of carboxylic acid groups (broad SMARTS) is 1. The lowest BCUT2D eigenvalue weighted by Crippen LogP contribution is -2.62. The van der Waals surface area contributed by atoms with Gasteiger partial charge in [0.1, 0.15) is 23.9 Å². The van der Waals surface area contributed by atoms with Crippen LogP contribution in [0.5, 0.6) is 5.75 Å². The Morgan fingerprint density at radius 2 is 1.71 bits per heavy atom. The summed E-state index contributed by atoms with van der Waals surface area (Å²) in [5.74, 6) is -2.80. The maximum absolute atomic E-state index is 13.6. The van der Waals surface area contributed by atoms with Crippen molar-refractivity contribution < 1.29 is 29.4 Å².